The van der Waals surface area contributed by atoms with Crippen molar-refractivity contribution < 1.29 is 23.9 Å². The highest BCUT2D eigenvalue weighted by Crippen LogP contribution is 2.47. The van der Waals surface area contributed by atoms with Crippen molar-refractivity contribution in [1.82, 2.24) is 0 Å². The van der Waals surface area contributed by atoms with Crippen LogP contribution < -0.4 is 0 Å². The maximum atomic E-state index is 12.3. The minimum Gasteiger partial charge on any atom is -0.469 e. The van der Waals surface area contributed by atoms with Crippen molar-refractivity contribution in [2.45, 2.75) is 47.0 Å². The van der Waals surface area contributed by atoms with Crippen LogP contribution in [0.25, 0.3) is 0 Å². The molecule has 23 heavy (non-hydrogen) atoms. The molecule has 0 radical (unpaired) electrons. The number of fused-ring (bicyclic) bond motifs is 1. The minimum atomic E-state index is -0.693. The largest absolute Gasteiger partial charge is 0.469 e. The fourth-order valence-corrected chi connectivity index (χ4v) is 3.15. The van der Waals surface area contributed by atoms with Crippen molar-refractivity contribution >= 4 is 17.7 Å². The summed E-state index contributed by atoms with van der Waals surface area (Å²) < 4.78 is 9.89. The number of methoxy groups -OCH3 is 1. The molecular weight excluding hydrogens is 296 g/mol. The first-order chi connectivity index (χ1) is 10.9. The summed E-state index contributed by atoms with van der Waals surface area (Å²) in [6.07, 6.45) is 5.05. The first-order valence-electron chi connectivity index (χ1n) is 8.01. The van der Waals surface area contributed by atoms with Gasteiger partial charge in [0.05, 0.1) is 18.4 Å². The van der Waals surface area contributed by atoms with Crippen molar-refractivity contribution in [2.75, 3.05) is 13.7 Å². The lowest BCUT2D eigenvalue weighted by Crippen LogP contribution is -2.31. The molecule has 2 aliphatic rings. The highest BCUT2D eigenvalue weighted by molar-refractivity contribution is 5.94. The molecule has 0 aromatic heterocycles. The summed E-state index contributed by atoms with van der Waals surface area (Å²) in [7, 11) is 1.35. The summed E-state index contributed by atoms with van der Waals surface area (Å²) in [6, 6.07) is 0. The second kappa shape index (κ2) is 8.09. The number of ketones is 1. The smallest absolute Gasteiger partial charge is 0.313 e. The number of ether oxygens (including phenoxy) is 2. The number of hydrogen-bond acceptors (Lipinski definition) is 5. The summed E-state index contributed by atoms with van der Waals surface area (Å²) >= 11 is 0. The van der Waals surface area contributed by atoms with Crippen molar-refractivity contribution in [1.29, 1.82) is 0 Å². The lowest BCUT2D eigenvalue weighted by atomic mass is 9.74. The zero-order chi connectivity index (χ0) is 17.6. The average Bonchev–Trinajstić information content (AvgIpc) is 2.73. The molecule has 2 rings (SSSR count). The van der Waals surface area contributed by atoms with E-state index in [1.54, 1.807) is 0 Å². The van der Waals surface area contributed by atoms with E-state index in [-0.39, 0.29) is 24.3 Å². The first-order valence-corrected chi connectivity index (χ1v) is 8.01. The molecule has 0 aromatic carbocycles. The summed E-state index contributed by atoms with van der Waals surface area (Å²) in [5.74, 6) is -1.02. The maximum absolute atomic E-state index is 12.3. The SMILES string of the molecule is CC.COC(=O)C1CC=C(COC(C)=O)CC2(C)C(=O)CC=C12. The third-order valence-corrected chi connectivity index (χ3v) is 4.30. The molecule has 0 fully saturated rings. The van der Waals surface area contributed by atoms with E-state index in [1.165, 1.54) is 14.0 Å². The number of rotatable bonds is 3. The van der Waals surface area contributed by atoms with Gasteiger partial charge in [0.15, 0.2) is 0 Å². The molecule has 2 aliphatic carbocycles. The van der Waals surface area contributed by atoms with Crippen LogP contribution in [0, 0.1) is 11.3 Å². The predicted molar refractivity (Wildman–Crippen MR) is 86.6 cm³/mol. The lowest BCUT2D eigenvalue weighted by molar-refractivity contribution is -0.144. The van der Waals surface area contributed by atoms with E-state index in [2.05, 4.69) is 0 Å². The molecule has 0 N–H and O–H groups in total. The van der Waals surface area contributed by atoms with Crippen LogP contribution in [0.4, 0.5) is 0 Å². The summed E-state index contributed by atoms with van der Waals surface area (Å²) in [6.45, 7) is 7.37. The van der Waals surface area contributed by atoms with Crippen LogP contribution in [0.15, 0.2) is 23.3 Å². The normalized spacial score (nSPS) is 26.0. The van der Waals surface area contributed by atoms with Gasteiger partial charge in [-0.1, -0.05) is 26.0 Å². The van der Waals surface area contributed by atoms with Gasteiger partial charge >= 0.3 is 11.9 Å². The molecule has 0 saturated heterocycles. The number of esters is 2. The number of allylic oxidation sites excluding steroid dienone is 2. The standard InChI is InChI=1S/C16H20O5.C2H6/c1-10(17)21-9-11-4-5-12(15(19)20-3)13-6-7-14(18)16(13,2)8-11;1-2/h4,6,12H,5,7-9H2,1-3H3;1-2H3. The number of carbonyl (C=O) groups excluding carboxylic acids is 3. The van der Waals surface area contributed by atoms with Crippen LogP contribution in [0.2, 0.25) is 0 Å². The van der Waals surface area contributed by atoms with Crippen LogP contribution in [0.3, 0.4) is 0 Å². The third kappa shape index (κ3) is 4.09. The average molecular weight is 322 g/mol. The number of carbonyl (C=O) groups is 3. The Kier molecular flexibility index (Phi) is 6.73. The lowest BCUT2D eigenvalue weighted by Gasteiger charge is -2.28. The van der Waals surface area contributed by atoms with E-state index in [0.717, 1.165) is 11.1 Å². The summed E-state index contributed by atoms with van der Waals surface area (Å²) in [4.78, 5) is 35.2. The van der Waals surface area contributed by atoms with Gasteiger partial charge in [-0.3, -0.25) is 14.4 Å². The zero-order valence-corrected chi connectivity index (χ0v) is 14.6. The molecule has 0 bridgehead atoms. The second-order valence-corrected chi connectivity index (χ2v) is 5.75. The van der Waals surface area contributed by atoms with Gasteiger partial charge in [-0.25, -0.2) is 0 Å². The van der Waals surface area contributed by atoms with Gasteiger partial charge < -0.3 is 9.47 Å². The molecule has 0 saturated carbocycles. The molecule has 5 nitrogen and oxygen atoms in total. The quantitative estimate of drug-likeness (QED) is 0.590. The van der Waals surface area contributed by atoms with Gasteiger partial charge in [0.2, 0.25) is 0 Å². The summed E-state index contributed by atoms with van der Waals surface area (Å²) in [5.41, 5.74) is 1.02. The Hall–Kier alpha value is -1.91. The Morgan fingerprint density at radius 1 is 1.30 bits per heavy atom. The zero-order valence-electron chi connectivity index (χ0n) is 14.6. The third-order valence-electron chi connectivity index (χ3n) is 4.30. The van der Waals surface area contributed by atoms with Crippen LogP contribution in [-0.2, 0) is 23.9 Å². The van der Waals surface area contributed by atoms with Crippen LogP contribution in [0.1, 0.15) is 47.0 Å². The van der Waals surface area contributed by atoms with E-state index in [1.807, 2.05) is 32.9 Å². The molecule has 0 heterocycles. The molecule has 0 spiro atoms. The summed E-state index contributed by atoms with van der Waals surface area (Å²) in [5, 5.41) is 0. The van der Waals surface area contributed by atoms with Gasteiger partial charge in [-0.2, -0.15) is 0 Å². The Bertz CT molecular complexity index is 544. The molecule has 0 amide bonds. The molecular formula is C18H26O5. The van der Waals surface area contributed by atoms with Crippen molar-refractivity contribution in [2.24, 2.45) is 11.3 Å². The number of hydrogen-bond donors (Lipinski definition) is 0. The van der Waals surface area contributed by atoms with Gasteiger partial charge in [0.25, 0.3) is 0 Å². The highest BCUT2D eigenvalue weighted by Gasteiger charge is 2.47. The van der Waals surface area contributed by atoms with Crippen molar-refractivity contribution in [3.63, 3.8) is 0 Å². The monoisotopic (exact) mass is 322 g/mol. The maximum Gasteiger partial charge on any atom is 0.313 e. The van der Waals surface area contributed by atoms with Crippen molar-refractivity contribution in [3.05, 3.63) is 23.3 Å². The van der Waals surface area contributed by atoms with Gasteiger partial charge in [0.1, 0.15) is 12.4 Å². The highest BCUT2D eigenvalue weighted by atomic mass is 16.5. The fourth-order valence-electron chi connectivity index (χ4n) is 3.15. The Morgan fingerprint density at radius 3 is 2.52 bits per heavy atom. The Balaban J connectivity index is 0.00000127. The van der Waals surface area contributed by atoms with Crippen molar-refractivity contribution in [3.8, 4) is 0 Å². The van der Waals surface area contributed by atoms with E-state index in [9.17, 15) is 14.4 Å². The van der Waals surface area contributed by atoms with Gasteiger partial charge in [0, 0.05) is 13.3 Å². The molecule has 128 valence electrons. The Morgan fingerprint density at radius 2 is 1.96 bits per heavy atom. The van der Waals surface area contributed by atoms with Gasteiger partial charge in [-0.15, -0.1) is 0 Å². The van der Waals surface area contributed by atoms with E-state index >= 15 is 0 Å². The molecule has 0 aliphatic heterocycles. The molecule has 2 atom stereocenters. The van der Waals surface area contributed by atoms with E-state index in [0.29, 0.717) is 19.3 Å². The Labute approximate surface area is 137 Å². The van der Waals surface area contributed by atoms with Crippen LogP contribution >= 0.6 is 0 Å². The molecule has 5 heteroatoms. The second-order valence-electron chi connectivity index (χ2n) is 5.75. The van der Waals surface area contributed by atoms with E-state index < -0.39 is 11.3 Å². The number of Topliss-reactive ketones (excluding diaryl/α,β-unsaturated/α-hetero) is 1. The fraction of sp³-hybridized carbons (Fsp3) is 0.611. The van der Waals surface area contributed by atoms with E-state index in [4.69, 9.17) is 9.47 Å². The topological polar surface area (TPSA) is 69.7 Å². The minimum absolute atomic E-state index is 0.0991. The molecule has 0 aromatic rings. The van der Waals surface area contributed by atoms with Gasteiger partial charge in [-0.05, 0) is 30.9 Å². The first kappa shape index (κ1) is 19.1. The van der Waals surface area contributed by atoms with Crippen LogP contribution in [0.5, 0.6) is 0 Å². The predicted octanol–water partition coefficient (Wildman–Crippen LogP) is 2.99. The molecule has 2 unspecified atom stereocenters. The van der Waals surface area contributed by atoms with Crippen LogP contribution in [-0.4, -0.2) is 31.4 Å².